The van der Waals surface area contributed by atoms with Crippen LogP contribution in [0.2, 0.25) is 0 Å². The van der Waals surface area contributed by atoms with Crippen LogP contribution in [0.4, 0.5) is 4.39 Å². The van der Waals surface area contributed by atoms with Crippen molar-refractivity contribution in [2.75, 3.05) is 25.5 Å². The van der Waals surface area contributed by atoms with Gasteiger partial charge in [0.15, 0.2) is 5.76 Å². The molecule has 0 aromatic heterocycles. The number of thioether (sulfide) groups is 1. The highest BCUT2D eigenvalue weighted by Crippen LogP contribution is 2.35. The van der Waals surface area contributed by atoms with Gasteiger partial charge in [-0.1, -0.05) is 42.5 Å². The lowest BCUT2D eigenvalue weighted by Gasteiger charge is -2.29. The molecule has 6 heteroatoms. The first-order chi connectivity index (χ1) is 14.2. The molecule has 0 aliphatic carbocycles. The number of rotatable bonds is 6. The van der Waals surface area contributed by atoms with Gasteiger partial charge in [0.05, 0.1) is 17.6 Å². The van der Waals surface area contributed by atoms with Crippen LogP contribution in [0.3, 0.4) is 0 Å². The lowest BCUT2D eigenvalue weighted by molar-refractivity contribution is -0.132. The summed E-state index contributed by atoms with van der Waals surface area (Å²) in [5, 5.41) is 0. The first kappa shape index (κ1) is 20.0. The van der Waals surface area contributed by atoms with Crippen molar-refractivity contribution in [1.82, 2.24) is 4.90 Å². The Balaban J connectivity index is 1.63. The maximum atomic E-state index is 13.5. The smallest absolute Gasteiger partial charge is 0.290 e. The molecule has 2 heterocycles. The Morgan fingerprint density at radius 2 is 1.90 bits per heavy atom. The van der Waals surface area contributed by atoms with Gasteiger partial charge in [0.1, 0.15) is 5.82 Å². The standard InChI is InChI=1S/C23H24FNO3S/c24-19-10-8-17(9-11-19)15-25(16-20-7-4-12-27-20)23(26)21-22(29-14-13-28-21)18-5-2-1-3-6-18/h1-3,5-6,8-11,20H,4,7,12-16H2/t20-/m1/s1. The summed E-state index contributed by atoms with van der Waals surface area (Å²) >= 11 is 1.65. The Morgan fingerprint density at radius 3 is 2.62 bits per heavy atom. The van der Waals surface area contributed by atoms with Crippen molar-refractivity contribution in [2.45, 2.75) is 25.5 Å². The molecule has 4 rings (SSSR count). The number of carbonyl (C=O) groups excluding carboxylic acids is 1. The van der Waals surface area contributed by atoms with Gasteiger partial charge in [-0.3, -0.25) is 4.79 Å². The van der Waals surface area contributed by atoms with E-state index >= 15 is 0 Å². The molecule has 1 atom stereocenters. The number of carbonyl (C=O) groups is 1. The molecule has 0 N–H and O–H groups in total. The van der Waals surface area contributed by atoms with Crippen LogP contribution < -0.4 is 0 Å². The van der Waals surface area contributed by atoms with E-state index in [1.165, 1.54) is 12.1 Å². The van der Waals surface area contributed by atoms with E-state index in [9.17, 15) is 9.18 Å². The molecule has 2 aliphatic heterocycles. The highest BCUT2D eigenvalue weighted by molar-refractivity contribution is 8.08. The number of halogens is 1. The first-order valence-electron chi connectivity index (χ1n) is 9.91. The fraction of sp³-hybridized carbons (Fsp3) is 0.348. The summed E-state index contributed by atoms with van der Waals surface area (Å²) in [6.45, 7) is 2.12. The molecule has 152 valence electrons. The number of nitrogens with zero attached hydrogens (tertiary/aromatic N) is 1. The largest absolute Gasteiger partial charge is 0.486 e. The van der Waals surface area contributed by atoms with Crippen LogP contribution in [0.1, 0.15) is 24.0 Å². The van der Waals surface area contributed by atoms with Gasteiger partial charge >= 0.3 is 0 Å². The van der Waals surface area contributed by atoms with Gasteiger partial charge in [0.2, 0.25) is 0 Å². The number of hydrogen-bond acceptors (Lipinski definition) is 4. The Hall–Kier alpha value is -2.31. The molecule has 4 nitrogen and oxygen atoms in total. The zero-order valence-corrected chi connectivity index (χ0v) is 17.0. The minimum Gasteiger partial charge on any atom is -0.486 e. The molecule has 0 spiro atoms. The van der Waals surface area contributed by atoms with Crippen molar-refractivity contribution in [1.29, 1.82) is 0 Å². The molecule has 2 aliphatic rings. The molecule has 0 saturated carbocycles. The van der Waals surface area contributed by atoms with Crippen LogP contribution in [0, 0.1) is 5.82 Å². The average molecular weight is 414 g/mol. The lowest BCUT2D eigenvalue weighted by Crippen LogP contribution is -2.39. The summed E-state index contributed by atoms with van der Waals surface area (Å²) in [6, 6.07) is 16.1. The summed E-state index contributed by atoms with van der Waals surface area (Å²) in [5.41, 5.74) is 1.86. The van der Waals surface area contributed by atoms with Gasteiger partial charge in [-0.25, -0.2) is 4.39 Å². The minimum atomic E-state index is -0.285. The average Bonchev–Trinajstić information content (AvgIpc) is 3.28. The summed E-state index contributed by atoms with van der Waals surface area (Å²) in [6.07, 6.45) is 1.97. The van der Waals surface area contributed by atoms with Crippen LogP contribution in [0.15, 0.2) is 60.4 Å². The highest BCUT2D eigenvalue weighted by atomic mass is 32.2. The normalized spacial score (nSPS) is 19.1. The fourth-order valence-electron chi connectivity index (χ4n) is 3.59. The van der Waals surface area contributed by atoms with E-state index in [0.29, 0.717) is 25.5 Å². The predicted molar refractivity (Wildman–Crippen MR) is 113 cm³/mol. The number of ether oxygens (including phenoxy) is 2. The van der Waals surface area contributed by atoms with Crippen molar-refractivity contribution in [3.63, 3.8) is 0 Å². The second-order valence-corrected chi connectivity index (χ2v) is 8.27. The van der Waals surface area contributed by atoms with Gasteiger partial charge in [-0.2, -0.15) is 0 Å². The third-order valence-electron chi connectivity index (χ3n) is 5.03. The topological polar surface area (TPSA) is 38.8 Å². The highest BCUT2D eigenvalue weighted by Gasteiger charge is 2.30. The number of hydrogen-bond donors (Lipinski definition) is 0. The van der Waals surface area contributed by atoms with Crippen molar-refractivity contribution in [3.05, 3.63) is 77.3 Å². The molecular formula is C23H24FNO3S. The minimum absolute atomic E-state index is 0.0245. The van der Waals surface area contributed by atoms with Crippen LogP contribution >= 0.6 is 11.8 Å². The van der Waals surface area contributed by atoms with Crippen molar-refractivity contribution in [2.24, 2.45) is 0 Å². The Morgan fingerprint density at radius 1 is 1.10 bits per heavy atom. The first-order valence-corrected chi connectivity index (χ1v) is 10.9. The van der Waals surface area contributed by atoms with Gasteiger partial charge < -0.3 is 14.4 Å². The van der Waals surface area contributed by atoms with E-state index < -0.39 is 0 Å². The molecule has 1 fully saturated rings. The third-order valence-corrected chi connectivity index (χ3v) is 6.12. The van der Waals surface area contributed by atoms with E-state index in [-0.39, 0.29) is 17.8 Å². The monoisotopic (exact) mass is 413 g/mol. The third kappa shape index (κ3) is 5.00. The maximum Gasteiger partial charge on any atom is 0.290 e. The zero-order valence-electron chi connectivity index (χ0n) is 16.2. The summed E-state index contributed by atoms with van der Waals surface area (Å²) in [4.78, 5) is 16.2. The van der Waals surface area contributed by atoms with Gasteiger partial charge in [0.25, 0.3) is 5.91 Å². The zero-order chi connectivity index (χ0) is 20.1. The van der Waals surface area contributed by atoms with E-state index in [0.717, 1.165) is 41.2 Å². The Bertz CT molecular complexity index is 863. The molecule has 29 heavy (non-hydrogen) atoms. The maximum absolute atomic E-state index is 13.5. The van der Waals surface area contributed by atoms with Gasteiger partial charge in [-0.05, 0) is 36.1 Å². The molecule has 1 saturated heterocycles. The summed E-state index contributed by atoms with van der Waals surface area (Å²) in [5.74, 6) is 0.778. The van der Waals surface area contributed by atoms with Crippen LogP contribution in [-0.4, -0.2) is 42.4 Å². The Kier molecular flexibility index (Phi) is 6.52. The lowest BCUT2D eigenvalue weighted by atomic mass is 10.1. The van der Waals surface area contributed by atoms with Crippen molar-refractivity contribution < 1.29 is 18.7 Å². The second kappa shape index (κ2) is 9.46. The Labute approximate surface area is 174 Å². The van der Waals surface area contributed by atoms with Crippen LogP contribution in [0.25, 0.3) is 4.91 Å². The molecule has 1 amide bonds. The van der Waals surface area contributed by atoms with E-state index in [1.807, 2.05) is 30.3 Å². The SMILES string of the molecule is O=C(C1=C(c2ccccc2)SCCO1)N(Cc1ccc(F)cc1)C[C@H]1CCCO1. The fourth-order valence-corrected chi connectivity index (χ4v) is 4.54. The molecule has 2 aromatic carbocycles. The number of benzene rings is 2. The van der Waals surface area contributed by atoms with E-state index in [4.69, 9.17) is 9.47 Å². The molecule has 0 radical (unpaired) electrons. The summed E-state index contributed by atoms with van der Waals surface area (Å²) in [7, 11) is 0. The second-order valence-electron chi connectivity index (χ2n) is 7.17. The summed E-state index contributed by atoms with van der Waals surface area (Å²) < 4.78 is 25.0. The van der Waals surface area contributed by atoms with Gasteiger partial charge in [0, 0.05) is 25.4 Å². The molecule has 0 bridgehead atoms. The van der Waals surface area contributed by atoms with Crippen LogP contribution in [0.5, 0.6) is 0 Å². The quantitative estimate of drug-likeness (QED) is 0.701. The van der Waals surface area contributed by atoms with Crippen molar-refractivity contribution in [3.8, 4) is 0 Å². The van der Waals surface area contributed by atoms with Crippen molar-refractivity contribution >= 4 is 22.6 Å². The molecular weight excluding hydrogens is 389 g/mol. The predicted octanol–water partition coefficient (Wildman–Crippen LogP) is 4.47. The van der Waals surface area contributed by atoms with E-state index in [1.54, 1.807) is 28.8 Å². The van der Waals surface area contributed by atoms with Crippen LogP contribution in [-0.2, 0) is 20.8 Å². The molecule has 2 aromatic rings. The number of amides is 1. The molecule has 0 unspecified atom stereocenters. The van der Waals surface area contributed by atoms with E-state index in [2.05, 4.69) is 0 Å². The van der Waals surface area contributed by atoms with Gasteiger partial charge in [-0.15, -0.1) is 11.8 Å².